The Bertz CT molecular complexity index is 403. The first-order valence-electron chi connectivity index (χ1n) is 5.28. The zero-order valence-corrected chi connectivity index (χ0v) is 9.64. The van der Waals surface area contributed by atoms with Crippen molar-refractivity contribution in [3.05, 3.63) is 53.6 Å². The summed E-state index contributed by atoms with van der Waals surface area (Å²) in [7, 11) is 1.36. The molecular weight excluding hydrogens is 200 g/mol. The van der Waals surface area contributed by atoms with E-state index in [4.69, 9.17) is 0 Å². The molecular formula is C14H16O2. The fraction of sp³-hybridized carbons (Fsp3) is 0.214. The van der Waals surface area contributed by atoms with Crippen LogP contribution in [0, 0.1) is 0 Å². The van der Waals surface area contributed by atoms with Crippen LogP contribution in [-0.4, -0.2) is 13.1 Å². The molecule has 0 aromatic heterocycles. The van der Waals surface area contributed by atoms with E-state index >= 15 is 0 Å². The number of ether oxygens (including phenoxy) is 1. The molecule has 0 aliphatic carbocycles. The lowest BCUT2D eigenvalue weighted by molar-refractivity contribution is -0.134. The van der Waals surface area contributed by atoms with Crippen LogP contribution in [-0.2, 0) is 16.0 Å². The summed E-state index contributed by atoms with van der Waals surface area (Å²) < 4.78 is 4.48. The maximum Gasteiger partial charge on any atom is 0.330 e. The highest BCUT2D eigenvalue weighted by Gasteiger charge is 1.90. The maximum absolute atomic E-state index is 10.8. The van der Waals surface area contributed by atoms with Gasteiger partial charge in [-0.1, -0.05) is 49.4 Å². The van der Waals surface area contributed by atoms with E-state index in [1.54, 1.807) is 6.08 Å². The molecule has 16 heavy (non-hydrogen) atoms. The van der Waals surface area contributed by atoms with E-state index in [0.29, 0.717) is 0 Å². The van der Waals surface area contributed by atoms with Crippen molar-refractivity contribution in [3.63, 3.8) is 0 Å². The molecule has 2 heteroatoms. The molecule has 0 saturated carbocycles. The van der Waals surface area contributed by atoms with Gasteiger partial charge in [0.1, 0.15) is 0 Å². The van der Waals surface area contributed by atoms with Crippen LogP contribution in [0.15, 0.2) is 42.5 Å². The molecule has 0 aliphatic heterocycles. The standard InChI is InChI=1S/C14H16O2/c1-3-12-8-6-9-13(11-12)7-4-5-10-14(15)16-2/h4-11H,3H2,1-2H3/b7-4+,10-5+. The Balaban J connectivity index is 2.62. The van der Waals surface area contributed by atoms with E-state index in [2.05, 4.69) is 23.8 Å². The first-order valence-corrected chi connectivity index (χ1v) is 5.28. The van der Waals surface area contributed by atoms with Gasteiger partial charge >= 0.3 is 5.97 Å². The molecule has 0 unspecified atom stereocenters. The molecule has 0 N–H and O–H groups in total. The quantitative estimate of drug-likeness (QED) is 0.439. The number of hydrogen-bond donors (Lipinski definition) is 0. The Labute approximate surface area is 96.2 Å². The predicted octanol–water partition coefficient (Wildman–Crippen LogP) is 2.99. The van der Waals surface area contributed by atoms with Gasteiger partial charge in [-0.15, -0.1) is 0 Å². The number of hydrogen-bond acceptors (Lipinski definition) is 2. The second-order valence-electron chi connectivity index (χ2n) is 3.34. The number of methoxy groups -OCH3 is 1. The van der Waals surface area contributed by atoms with Gasteiger partial charge in [-0.25, -0.2) is 4.79 Å². The molecule has 0 atom stereocenters. The van der Waals surface area contributed by atoms with Gasteiger partial charge in [-0.3, -0.25) is 0 Å². The van der Waals surface area contributed by atoms with Crippen LogP contribution in [0.2, 0.25) is 0 Å². The summed E-state index contributed by atoms with van der Waals surface area (Å²) in [5, 5.41) is 0. The van der Waals surface area contributed by atoms with Crippen molar-refractivity contribution in [2.75, 3.05) is 7.11 Å². The number of rotatable bonds is 4. The van der Waals surface area contributed by atoms with Gasteiger partial charge in [0.2, 0.25) is 0 Å². The fourth-order valence-electron chi connectivity index (χ4n) is 1.29. The number of carbonyl (C=O) groups is 1. The minimum atomic E-state index is -0.341. The Morgan fingerprint density at radius 1 is 1.38 bits per heavy atom. The van der Waals surface area contributed by atoms with Crippen molar-refractivity contribution in [1.82, 2.24) is 0 Å². The first kappa shape index (κ1) is 12.2. The van der Waals surface area contributed by atoms with Crippen molar-refractivity contribution in [2.45, 2.75) is 13.3 Å². The topological polar surface area (TPSA) is 26.3 Å². The third-order valence-electron chi connectivity index (χ3n) is 2.19. The summed E-state index contributed by atoms with van der Waals surface area (Å²) in [6.07, 6.45) is 7.87. The van der Waals surface area contributed by atoms with E-state index in [9.17, 15) is 4.79 Å². The SMILES string of the molecule is CCc1cccc(/C=C/C=C/C(=O)OC)c1. The molecule has 1 aromatic rings. The molecule has 0 aliphatic rings. The van der Waals surface area contributed by atoms with Crippen LogP contribution in [0.25, 0.3) is 6.08 Å². The van der Waals surface area contributed by atoms with Crippen LogP contribution >= 0.6 is 0 Å². The second kappa shape index (κ2) is 6.62. The molecule has 0 fully saturated rings. The van der Waals surface area contributed by atoms with Gasteiger partial charge < -0.3 is 4.74 Å². The van der Waals surface area contributed by atoms with Crippen LogP contribution in [0.5, 0.6) is 0 Å². The van der Waals surface area contributed by atoms with Crippen molar-refractivity contribution < 1.29 is 9.53 Å². The molecule has 0 amide bonds. The zero-order chi connectivity index (χ0) is 11.8. The lowest BCUT2D eigenvalue weighted by atomic mass is 10.1. The van der Waals surface area contributed by atoms with Crippen molar-refractivity contribution in [3.8, 4) is 0 Å². The molecule has 0 radical (unpaired) electrons. The van der Waals surface area contributed by atoms with Gasteiger partial charge in [0.15, 0.2) is 0 Å². The molecule has 0 bridgehead atoms. The predicted molar refractivity (Wildman–Crippen MR) is 66.0 cm³/mol. The van der Waals surface area contributed by atoms with Crippen molar-refractivity contribution >= 4 is 12.0 Å². The van der Waals surface area contributed by atoms with Gasteiger partial charge in [0, 0.05) is 6.08 Å². The lowest BCUT2D eigenvalue weighted by Gasteiger charge is -1.97. The van der Waals surface area contributed by atoms with E-state index < -0.39 is 0 Å². The van der Waals surface area contributed by atoms with Gasteiger partial charge in [-0.2, -0.15) is 0 Å². The number of carbonyl (C=O) groups excluding carboxylic acids is 1. The van der Waals surface area contributed by atoms with Gasteiger partial charge in [0.25, 0.3) is 0 Å². The van der Waals surface area contributed by atoms with Crippen LogP contribution in [0.1, 0.15) is 18.1 Å². The summed E-state index contributed by atoms with van der Waals surface area (Å²) in [4.78, 5) is 10.8. The third-order valence-corrected chi connectivity index (χ3v) is 2.19. The first-order chi connectivity index (χ1) is 7.76. The van der Waals surface area contributed by atoms with Crippen LogP contribution in [0.4, 0.5) is 0 Å². The Morgan fingerprint density at radius 3 is 2.88 bits per heavy atom. The number of benzene rings is 1. The summed E-state index contributed by atoms with van der Waals surface area (Å²) >= 11 is 0. The monoisotopic (exact) mass is 216 g/mol. The van der Waals surface area contributed by atoms with E-state index in [1.807, 2.05) is 24.3 Å². The van der Waals surface area contributed by atoms with Gasteiger partial charge in [0.05, 0.1) is 7.11 Å². The Kier molecular flexibility index (Phi) is 5.06. The van der Waals surface area contributed by atoms with Crippen molar-refractivity contribution in [2.24, 2.45) is 0 Å². The highest BCUT2D eigenvalue weighted by Crippen LogP contribution is 2.07. The Morgan fingerprint density at radius 2 is 2.19 bits per heavy atom. The average molecular weight is 216 g/mol. The van der Waals surface area contributed by atoms with Gasteiger partial charge in [-0.05, 0) is 17.5 Å². The molecule has 0 spiro atoms. The molecule has 1 rings (SSSR count). The highest BCUT2D eigenvalue weighted by molar-refractivity contribution is 5.82. The maximum atomic E-state index is 10.8. The van der Waals surface area contributed by atoms with E-state index in [0.717, 1.165) is 12.0 Å². The molecule has 84 valence electrons. The second-order valence-corrected chi connectivity index (χ2v) is 3.34. The zero-order valence-electron chi connectivity index (χ0n) is 9.64. The normalized spacial score (nSPS) is 11.1. The lowest BCUT2D eigenvalue weighted by Crippen LogP contribution is -1.92. The molecule has 1 aromatic carbocycles. The molecule has 2 nitrogen and oxygen atoms in total. The number of aryl methyl sites for hydroxylation is 1. The fourth-order valence-corrected chi connectivity index (χ4v) is 1.29. The van der Waals surface area contributed by atoms with E-state index in [1.165, 1.54) is 18.7 Å². The Hall–Kier alpha value is -1.83. The van der Waals surface area contributed by atoms with E-state index in [-0.39, 0.29) is 5.97 Å². The largest absolute Gasteiger partial charge is 0.466 e. The molecule has 0 saturated heterocycles. The van der Waals surface area contributed by atoms with Crippen LogP contribution < -0.4 is 0 Å². The summed E-state index contributed by atoms with van der Waals surface area (Å²) in [6.45, 7) is 2.12. The van der Waals surface area contributed by atoms with Crippen LogP contribution in [0.3, 0.4) is 0 Å². The molecule has 0 heterocycles. The summed E-state index contributed by atoms with van der Waals surface area (Å²) in [6, 6.07) is 8.29. The van der Waals surface area contributed by atoms with Crippen molar-refractivity contribution in [1.29, 1.82) is 0 Å². The third kappa shape index (κ3) is 4.13. The highest BCUT2D eigenvalue weighted by atomic mass is 16.5. The number of esters is 1. The summed E-state index contributed by atoms with van der Waals surface area (Å²) in [5.41, 5.74) is 2.44. The summed E-state index contributed by atoms with van der Waals surface area (Å²) in [5.74, 6) is -0.341. The minimum Gasteiger partial charge on any atom is -0.466 e. The minimum absolute atomic E-state index is 0.341. The average Bonchev–Trinajstić information content (AvgIpc) is 2.34. The smallest absolute Gasteiger partial charge is 0.330 e. The number of allylic oxidation sites excluding steroid dienone is 2.